The molecule has 26 heavy (non-hydrogen) atoms. The van der Waals surface area contributed by atoms with Crippen LogP contribution in [0.1, 0.15) is 52.9 Å². The molecule has 0 amide bonds. The van der Waals surface area contributed by atoms with Crippen LogP contribution in [0.3, 0.4) is 0 Å². The lowest BCUT2D eigenvalue weighted by molar-refractivity contribution is -0.157. The summed E-state index contributed by atoms with van der Waals surface area (Å²) in [7, 11) is 0. The Kier molecular flexibility index (Phi) is 4.09. The number of fused-ring (bicyclic) bond motifs is 5. The smallest absolute Gasteiger partial charge is 0.213 e. The van der Waals surface area contributed by atoms with E-state index in [-0.39, 0.29) is 28.4 Å². The van der Waals surface area contributed by atoms with Gasteiger partial charge in [-0.25, -0.2) is 0 Å². The minimum Gasteiger partial charge on any atom is -0.362 e. The number of ketones is 2. The number of carbonyl (C=O) groups excluding carboxylic acids is 2. The maximum Gasteiger partial charge on any atom is 0.213 e. The number of carbonyl (C=O) groups is 2. The first-order valence-electron chi connectivity index (χ1n) is 10.0. The highest BCUT2D eigenvalue weighted by Crippen LogP contribution is 2.67. The molecule has 0 radical (unpaired) electrons. The lowest BCUT2D eigenvalue weighted by Crippen LogP contribution is -2.51. The van der Waals surface area contributed by atoms with Gasteiger partial charge in [-0.15, -0.1) is 0 Å². The third-order valence-corrected chi connectivity index (χ3v) is 8.46. The minimum atomic E-state index is -1.86. The van der Waals surface area contributed by atoms with Gasteiger partial charge in [0.05, 0.1) is 0 Å². The van der Waals surface area contributed by atoms with Crippen molar-refractivity contribution in [1.29, 1.82) is 0 Å². The van der Waals surface area contributed by atoms with Crippen LogP contribution in [0.25, 0.3) is 0 Å². The third-order valence-electron chi connectivity index (χ3n) is 8.46. The Morgan fingerprint density at radius 3 is 2.65 bits per heavy atom. The number of Topliss-reactive ketones (excluding diaryl/α,β-unsaturated/α-hetero) is 1. The van der Waals surface area contributed by atoms with Gasteiger partial charge in [-0.1, -0.05) is 32.4 Å². The summed E-state index contributed by atoms with van der Waals surface area (Å²) in [5.74, 6) is 1.11. The maximum absolute atomic E-state index is 12.5. The topological polar surface area (TPSA) is 74.6 Å². The molecule has 1 unspecified atom stereocenters. The summed E-state index contributed by atoms with van der Waals surface area (Å²) in [6, 6.07) is 0. The summed E-state index contributed by atoms with van der Waals surface area (Å²) in [5.41, 5.74) is 1.09. The van der Waals surface area contributed by atoms with Crippen LogP contribution >= 0.6 is 0 Å². The molecule has 3 fully saturated rings. The van der Waals surface area contributed by atoms with Gasteiger partial charge in [0, 0.05) is 11.3 Å². The van der Waals surface area contributed by atoms with Crippen molar-refractivity contribution in [3.05, 3.63) is 23.8 Å². The average molecular weight is 358 g/mol. The van der Waals surface area contributed by atoms with Gasteiger partial charge < -0.3 is 10.2 Å². The highest BCUT2D eigenvalue weighted by atomic mass is 16.5. The number of allylic oxidation sites excluding steroid dienone is 4. The van der Waals surface area contributed by atoms with Gasteiger partial charge in [-0.3, -0.25) is 9.59 Å². The van der Waals surface area contributed by atoms with Crippen LogP contribution in [0, 0.1) is 40.4 Å². The molecule has 4 aliphatic carbocycles. The predicted octanol–water partition coefficient (Wildman–Crippen LogP) is 3.04. The van der Waals surface area contributed by atoms with E-state index >= 15 is 0 Å². The summed E-state index contributed by atoms with van der Waals surface area (Å²) in [6.45, 7) is 6.58. The number of aliphatic hydroxyl groups is 2. The molecule has 0 saturated heterocycles. The van der Waals surface area contributed by atoms with Crippen molar-refractivity contribution in [2.75, 3.05) is 0 Å². The zero-order valence-electron chi connectivity index (χ0n) is 15.9. The largest absolute Gasteiger partial charge is 0.362 e. The van der Waals surface area contributed by atoms with Crippen molar-refractivity contribution < 1.29 is 19.8 Å². The van der Waals surface area contributed by atoms with Crippen molar-refractivity contribution in [3.8, 4) is 0 Å². The maximum atomic E-state index is 12.5. The molecule has 0 aromatic rings. The number of rotatable bonds is 2. The lowest BCUT2D eigenvalue weighted by atomic mass is 9.47. The van der Waals surface area contributed by atoms with E-state index in [4.69, 9.17) is 0 Å². The molecule has 0 aromatic carbocycles. The minimum absolute atomic E-state index is 0.0417. The molecule has 3 saturated carbocycles. The van der Waals surface area contributed by atoms with Crippen LogP contribution in [0.5, 0.6) is 0 Å². The van der Waals surface area contributed by atoms with Crippen LogP contribution < -0.4 is 0 Å². The molecule has 4 rings (SSSR count). The van der Waals surface area contributed by atoms with E-state index < -0.39 is 12.1 Å². The summed E-state index contributed by atoms with van der Waals surface area (Å²) in [4.78, 5) is 24.4. The van der Waals surface area contributed by atoms with Crippen molar-refractivity contribution in [1.82, 2.24) is 0 Å². The molecule has 0 spiro atoms. The van der Waals surface area contributed by atoms with Gasteiger partial charge >= 0.3 is 0 Å². The number of aliphatic hydroxyl groups excluding tert-OH is 1. The first-order chi connectivity index (χ1) is 12.2. The summed E-state index contributed by atoms with van der Waals surface area (Å²) >= 11 is 0. The average Bonchev–Trinajstić information content (AvgIpc) is 2.85. The normalized spacial score (nSPS) is 47.2. The zero-order chi connectivity index (χ0) is 18.9. The molecular formula is C22H30O4. The molecule has 0 bridgehead atoms. The Hall–Kier alpha value is -1.26. The fourth-order valence-electron chi connectivity index (χ4n) is 7.33. The molecule has 4 nitrogen and oxygen atoms in total. The Morgan fingerprint density at radius 1 is 1.23 bits per heavy atom. The van der Waals surface area contributed by atoms with E-state index in [1.165, 1.54) is 5.57 Å². The molecule has 142 valence electrons. The second-order valence-electron chi connectivity index (χ2n) is 9.61. The van der Waals surface area contributed by atoms with Crippen molar-refractivity contribution >= 4 is 11.6 Å². The van der Waals surface area contributed by atoms with E-state index in [2.05, 4.69) is 26.8 Å². The highest BCUT2D eigenvalue weighted by molar-refractivity contribution is 6.01. The molecule has 2 N–H and O–H groups in total. The van der Waals surface area contributed by atoms with Crippen LogP contribution in [-0.2, 0) is 9.59 Å². The van der Waals surface area contributed by atoms with E-state index in [1.54, 1.807) is 6.08 Å². The van der Waals surface area contributed by atoms with Crippen LogP contribution in [0.4, 0.5) is 0 Å². The second-order valence-corrected chi connectivity index (χ2v) is 9.61. The summed E-state index contributed by atoms with van der Waals surface area (Å²) < 4.78 is 0. The Morgan fingerprint density at radius 2 is 1.96 bits per heavy atom. The lowest BCUT2D eigenvalue weighted by Gasteiger charge is -2.57. The molecule has 7 atom stereocenters. The predicted molar refractivity (Wildman–Crippen MR) is 97.9 cm³/mol. The molecule has 4 aliphatic rings. The third kappa shape index (κ3) is 2.34. The quantitative estimate of drug-likeness (QED) is 0.744. The first-order valence-corrected chi connectivity index (χ1v) is 10.0. The van der Waals surface area contributed by atoms with Crippen LogP contribution in [-0.4, -0.2) is 28.1 Å². The first kappa shape index (κ1) is 18.1. The summed E-state index contributed by atoms with van der Waals surface area (Å²) in [5, 5.41) is 19.0. The van der Waals surface area contributed by atoms with E-state index in [9.17, 15) is 19.8 Å². The second kappa shape index (κ2) is 5.87. The molecule has 0 heterocycles. The van der Waals surface area contributed by atoms with Crippen molar-refractivity contribution in [2.24, 2.45) is 40.4 Å². The van der Waals surface area contributed by atoms with Gasteiger partial charge in [0.15, 0.2) is 11.6 Å². The van der Waals surface area contributed by atoms with Gasteiger partial charge in [0.2, 0.25) is 6.29 Å². The van der Waals surface area contributed by atoms with Crippen molar-refractivity contribution in [3.63, 3.8) is 0 Å². The van der Waals surface area contributed by atoms with Crippen LogP contribution in [0.2, 0.25) is 0 Å². The number of hydrogen-bond donors (Lipinski definition) is 2. The Labute approximate surface area is 155 Å². The monoisotopic (exact) mass is 358 g/mol. The van der Waals surface area contributed by atoms with Gasteiger partial charge in [0.1, 0.15) is 0 Å². The zero-order valence-corrected chi connectivity index (χ0v) is 15.9. The fraction of sp³-hybridized carbons (Fsp3) is 0.727. The van der Waals surface area contributed by atoms with E-state index in [0.29, 0.717) is 17.8 Å². The molecule has 0 aromatic heterocycles. The van der Waals surface area contributed by atoms with E-state index in [0.717, 1.165) is 32.1 Å². The van der Waals surface area contributed by atoms with Gasteiger partial charge in [0.25, 0.3) is 0 Å². The molecule has 0 aliphatic heterocycles. The Balaban J connectivity index is 1.68. The highest BCUT2D eigenvalue weighted by Gasteiger charge is 2.62. The van der Waals surface area contributed by atoms with Crippen LogP contribution in [0.15, 0.2) is 23.8 Å². The SMILES string of the molecule is CC1C[C@H]2[C@@H]3CCC4=CC(=O)C=C[C@]4(C)[C@H]3CC[C@]2(C)[C@H]1C(=O)C(O)O. The van der Waals surface area contributed by atoms with Gasteiger partial charge in [-0.05, 0) is 73.3 Å². The number of hydrogen-bond acceptors (Lipinski definition) is 4. The summed E-state index contributed by atoms with van der Waals surface area (Å²) in [6.07, 6.45) is 8.82. The van der Waals surface area contributed by atoms with Gasteiger partial charge in [-0.2, -0.15) is 0 Å². The molecule has 4 heteroatoms. The molecular weight excluding hydrogens is 328 g/mol. The van der Waals surface area contributed by atoms with E-state index in [1.807, 2.05) is 6.08 Å². The standard InChI is InChI=1S/C22H30O4/c1-12-10-17-15-5-4-13-11-14(23)6-8-21(13,2)16(15)7-9-22(17,3)18(12)19(24)20(25)26/h6,8,11-12,15-18,20,25-26H,4-5,7,9-10H2,1-3H3/t12?,15-,16+,17+,18-,21+,22+/m1/s1. The Bertz CT molecular complexity index is 705. The van der Waals surface area contributed by atoms with Crippen molar-refractivity contribution in [2.45, 2.75) is 59.2 Å². The fourth-order valence-corrected chi connectivity index (χ4v) is 7.33.